The average Bonchev–Trinajstić information content (AvgIpc) is 3.10. The number of halogens is 1. The first kappa shape index (κ1) is 19.9. The normalized spacial score (nSPS) is 19.5. The number of nitrogens with zero attached hydrogens (tertiary/aromatic N) is 1. The molecule has 6 heteroatoms. The van der Waals surface area contributed by atoms with Crippen molar-refractivity contribution in [3.05, 3.63) is 95.8 Å². The number of amides is 1. The van der Waals surface area contributed by atoms with Gasteiger partial charge >= 0.3 is 6.09 Å². The quantitative estimate of drug-likeness (QED) is 0.627. The fourth-order valence-corrected chi connectivity index (χ4v) is 3.85. The van der Waals surface area contributed by atoms with Crippen LogP contribution in [0, 0.1) is 5.82 Å². The van der Waals surface area contributed by atoms with Gasteiger partial charge in [0.15, 0.2) is 6.10 Å². The zero-order valence-corrected chi connectivity index (χ0v) is 16.2. The van der Waals surface area contributed by atoms with E-state index in [9.17, 15) is 19.4 Å². The van der Waals surface area contributed by atoms with E-state index in [4.69, 9.17) is 4.74 Å². The number of aryl methyl sites for hydroxylation is 1. The summed E-state index contributed by atoms with van der Waals surface area (Å²) in [5.41, 5.74) is 1.90. The van der Waals surface area contributed by atoms with Crippen LogP contribution in [0.5, 0.6) is 5.75 Å². The van der Waals surface area contributed by atoms with Crippen LogP contribution in [0.4, 0.5) is 14.9 Å². The predicted octanol–water partition coefficient (Wildman–Crippen LogP) is 4.59. The van der Waals surface area contributed by atoms with Crippen molar-refractivity contribution in [2.75, 3.05) is 4.90 Å². The molecule has 0 saturated carbocycles. The van der Waals surface area contributed by atoms with E-state index in [0.717, 1.165) is 5.56 Å². The molecule has 0 spiro atoms. The van der Waals surface area contributed by atoms with Gasteiger partial charge in [0.25, 0.3) is 0 Å². The first-order valence-electron chi connectivity index (χ1n) is 9.80. The number of cyclic esters (lactones) is 1. The number of phenolic OH excluding ortho intramolecular Hbond substituents is 1. The SMILES string of the molecule is O=C1O[C@@H](c2ccccc2O)[C@@H]([C@H](O)CCc2ccccc2)N1c1ccc(F)cc1. The van der Waals surface area contributed by atoms with Gasteiger partial charge in [0.05, 0.1) is 6.10 Å². The lowest BCUT2D eigenvalue weighted by molar-refractivity contribution is 0.0751. The maximum absolute atomic E-state index is 13.4. The molecule has 1 amide bonds. The number of benzene rings is 3. The number of carbonyl (C=O) groups excluding carboxylic acids is 1. The largest absolute Gasteiger partial charge is 0.508 e. The first-order valence-corrected chi connectivity index (χ1v) is 9.80. The molecule has 1 aliphatic heterocycles. The summed E-state index contributed by atoms with van der Waals surface area (Å²) in [6, 6.07) is 21.0. The van der Waals surface area contributed by atoms with E-state index in [1.165, 1.54) is 35.2 Å². The topological polar surface area (TPSA) is 70.0 Å². The number of hydrogen-bond acceptors (Lipinski definition) is 4. The highest BCUT2D eigenvalue weighted by molar-refractivity contribution is 5.91. The Balaban J connectivity index is 1.67. The molecule has 1 aliphatic rings. The third-order valence-corrected chi connectivity index (χ3v) is 5.35. The molecule has 0 unspecified atom stereocenters. The first-order chi connectivity index (χ1) is 14.5. The summed E-state index contributed by atoms with van der Waals surface area (Å²) in [5.74, 6) is -0.443. The Labute approximate surface area is 174 Å². The van der Waals surface area contributed by atoms with E-state index in [2.05, 4.69) is 0 Å². The number of aliphatic hydroxyl groups is 1. The van der Waals surface area contributed by atoms with Gasteiger partial charge in [0.1, 0.15) is 17.6 Å². The molecule has 3 aromatic rings. The molecular formula is C24H22FNO4. The van der Waals surface area contributed by atoms with Gasteiger partial charge in [0, 0.05) is 11.3 Å². The lowest BCUT2D eigenvalue weighted by atomic mass is 9.93. The van der Waals surface area contributed by atoms with Crippen LogP contribution in [0.25, 0.3) is 0 Å². The number of ether oxygens (including phenoxy) is 1. The van der Waals surface area contributed by atoms with Crippen LogP contribution in [0.3, 0.4) is 0 Å². The standard InChI is InChI=1S/C24H22FNO4/c25-17-11-13-18(14-12-17)26-22(21(28)15-10-16-6-2-1-3-7-16)23(30-24(26)29)19-8-4-5-9-20(19)27/h1-9,11-14,21-23,27-28H,10,15H2/t21-,22-,23+/m1/s1. The molecule has 0 bridgehead atoms. The van der Waals surface area contributed by atoms with Gasteiger partial charge in [-0.15, -0.1) is 0 Å². The second kappa shape index (κ2) is 8.55. The van der Waals surface area contributed by atoms with Crippen molar-refractivity contribution in [2.24, 2.45) is 0 Å². The number of aromatic hydroxyl groups is 1. The summed E-state index contributed by atoms with van der Waals surface area (Å²) in [4.78, 5) is 14.1. The zero-order valence-electron chi connectivity index (χ0n) is 16.2. The van der Waals surface area contributed by atoms with Gasteiger partial charge in [0.2, 0.25) is 0 Å². The predicted molar refractivity (Wildman–Crippen MR) is 111 cm³/mol. The van der Waals surface area contributed by atoms with E-state index in [1.54, 1.807) is 18.2 Å². The molecule has 0 radical (unpaired) electrons. The molecule has 0 aromatic heterocycles. The summed E-state index contributed by atoms with van der Waals surface area (Å²) in [6.07, 6.45) is -1.47. The van der Waals surface area contributed by atoms with Gasteiger partial charge in [-0.3, -0.25) is 4.90 Å². The van der Waals surface area contributed by atoms with Crippen molar-refractivity contribution in [1.82, 2.24) is 0 Å². The smallest absolute Gasteiger partial charge is 0.415 e. The number of phenols is 1. The monoisotopic (exact) mass is 407 g/mol. The third kappa shape index (κ3) is 4.00. The lowest BCUT2D eigenvalue weighted by Crippen LogP contribution is -2.43. The van der Waals surface area contributed by atoms with E-state index in [0.29, 0.717) is 24.1 Å². The summed E-state index contributed by atoms with van der Waals surface area (Å²) >= 11 is 0. The fraction of sp³-hybridized carbons (Fsp3) is 0.208. The van der Waals surface area contributed by atoms with Crippen molar-refractivity contribution in [1.29, 1.82) is 0 Å². The Morgan fingerprint density at radius 3 is 2.33 bits per heavy atom. The number of aliphatic hydroxyl groups excluding tert-OH is 1. The third-order valence-electron chi connectivity index (χ3n) is 5.35. The number of carbonyl (C=O) groups is 1. The maximum Gasteiger partial charge on any atom is 0.415 e. The van der Waals surface area contributed by atoms with Crippen LogP contribution in [0.15, 0.2) is 78.9 Å². The highest BCUT2D eigenvalue weighted by Crippen LogP contribution is 2.41. The lowest BCUT2D eigenvalue weighted by Gasteiger charge is -2.29. The van der Waals surface area contributed by atoms with Gasteiger partial charge in [-0.1, -0.05) is 48.5 Å². The van der Waals surface area contributed by atoms with E-state index < -0.39 is 30.2 Å². The molecule has 3 aromatic carbocycles. The van der Waals surface area contributed by atoms with E-state index in [1.807, 2.05) is 30.3 Å². The Morgan fingerprint density at radius 2 is 1.63 bits per heavy atom. The Bertz CT molecular complexity index is 1010. The van der Waals surface area contributed by atoms with Crippen LogP contribution in [0.2, 0.25) is 0 Å². The fourth-order valence-electron chi connectivity index (χ4n) is 3.85. The molecule has 3 atom stereocenters. The minimum absolute atomic E-state index is 0.0171. The minimum Gasteiger partial charge on any atom is -0.508 e. The number of para-hydroxylation sites is 1. The van der Waals surface area contributed by atoms with Crippen LogP contribution in [-0.2, 0) is 11.2 Å². The Morgan fingerprint density at radius 1 is 0.967 bits per heavy atom. The second-order valence-corrected chi connectivity index (χ2v) is 7.29. The van der Waals surface area contributed by atoms with Crippen molar-refractivity contribution in [2.45, 2.75) is 31.1 Å². The van der Waals surface area contributed by atoms with E-state index >= 15 is 0 Å². The number of anilines is 1. The maximum atomic E-state index is 13.4. The molecule has 30 heavy (non-hydrogen) atoms. The highest BCUT2D eigenvalue weighted by Gasteiger charge is 2.47. The molecule has 1 heterocycles. The summed E-state index contributed by atoms with van der Waals surface area (Å²) in [5, 5.41) is 21.4. The molecule has 5 nitrogen and oxygen atoms in total. The van der Waals surface area contributed by atoms with E-state index in [-0.39, 0.29) is 5.75 Å². The summed E-state index contributed by atoms with van der Waals surface area (Å²) < 4.78 is 19.0. The zero-order chi connectivity index (χ0) is 21.1. The summed E-state index contributed by atoms with van der Waals surface area (Å²) in [7, 11) is 0. The van der Waals surface area contributed by atoms with Gasteiger partial charge in [-0.2, -0.15) is 0 Å². The van der Waals surface area contributed by atoms with Crippen LogP contribution in [0.1, 0.15) is 23.7 Å². The summed E-state index contributed by atoms with van der Waals surface area (Å²) in [6.45, 7) is 0. The Kier molecular flexibility index (Phi) is 5.68. The molecule has 1 fully saturated rings. The number of rotatable bonds is 6. The van der Waals surface area contributed by atoms with Crippen LogP contribution in [-0.4, -0.2) is 28.5 Å². The van der Waals surface area contributed by atoms with Gasteiger partial charge < -0.3 is 14.9 Å². The molecular weight excluding hydrogens is 385 g/mol. The number of hydrogen-bond donors (Lipinski definition) is 2. The van der Waals surface area contributed by atoms with Gasteiger partial charge in [-0.25, -0.2) is 9.18 Å². The minimum atomic E-state index is -0.939. The second-order valence-electron chi connectivity index (χ2n) is 7.29. The van der Waals surface area contributed by atoms with Gasteiger partial charge in [-0.05, 0) is 48.7 Å². The van der Waals surface area contributed by atoms with Crippen LogP contribution >= 0.6 is 0 Å². The Hall–Kier alpha value is -3.38. The highest BCUT2D eigenvalue weighted by atomic mass is 19.1. The van der Waals surface area contributed by atoms with Crippen molar-refractivity contribution in [3.63, 3.8) is 0 Å². The van der Waals surface area contributed by atoms with Crippen molar-refractivity contribution < 1.29 is 24.1 Å². The molecule has 2 N–H and O–H groups in total. The molecule has 154 valence electrons. The van der Waals surface area contributed by atoms with Crippen LogP contribution < -0.4 is 4.90 Å². The molecule has 1 saturated heterocycles. The molecule has 4 rings (SSSR count). The van der Waals surface area contributed by atoms with Crippen molar-refractivity contribution >= 4 is 11.8 Å². The average molecular weight is 407 g/mol. The molecule has 0 aliphatic carbocycles. The van der Waals surface area contributed by atoms with Crippen molar-refractivity contribution in [3.8, 4) is 5.75 Å².